The zero-order valence-corrected chi connectivity index (χ0v) is 13.7. The average Bonchev–Trinajstić information content (AvgIpc) is 2.88. The largest absolute Gasteiger partial charge is 0.382 e. The number of benzene rings is 2. The fourth-order valence-electron chi connectivity index (χ4n) is 2.82. The fourth-order valence-corrected chi connectivity index (χ4v) is 2.82. The van der Waals surface area contributed by atoms with Gasteiger partial charge < -0.3 is 18.8 Å². The van der Waals surface area contributed by atoms with E-state index >= 15 is 0 Å². The molecule has 0 unspecified atom stereocenters. The van der Waals surface area contributed by atoms with Gasteiger partial charge >= 0.3 is 0 Å². The Hall–Kier alpha value is -1.88. The summed E-state index contributed by atoms with van der Waals surface area (Å²) in [5, 5.41) is 2.55. The maximum Gasteiger partial charge on any atom is 0.123 e. The van der Waals surface area contributed by atoms with E-state index in [4.69, 9.17) is 14.2 Å². The van der Waals surface area contributed by atoms with Gasteiger partial charge in [-0.25, -0.2) is 0 Å². The number of ether oxygens (including phenoxy) is 3. The van der Waals surface area contributed by atoms with Gasteiger partial charge in [0.25, 0.3) is 0 Å². The van der Waals surface area contributed by atoms with Gasteiger partial charge in [0.2, 0.25) is 0 Å². The summed E-state index contributed by atoms with van der Waals surface area (Å²) in [6.45, 7) is 5.03. The summed E-state index contributed by atoms with van der Waals surface area (Å²) < 4.78 is 18.4. The van der Waals surface area contributed by atoms with Crippen LogP contribution < -0.4 is 0 Å². The summed E-state index contributed by atoms with van der Waals surface area (Å²) in [5.41, 5.74) is 3.68. The van der Waals surface area contributed by atoms with E-state index in [0.29, 0.717) is 33.2 Å². The number of fused-ring (bicyclic) bond motifs is 3. The number of aromatic nitrogens is 1. The maximum atomic E-state index is 5.80. The molecule has 0 saturated carbocycles. The Morgan fingerprint density at radius 2 is 1.57 bits per heavy atom. The molecule has 1 aromatic heterocycles. The van der Waals surface area contributed by atoms with E-state index in [1.54, 1.807) is 7.11 Å². The molecule has 4 heteroatoms. The van der Waals surface area contributed by atoms with Gasteiger partial charge in [-0.05, 0) is 25.1 Å². The van der Waals surface area contributed by atoms with Crippen molar-refractivity contribution in [1.29, 1.82) is 0 Å². The van der Waals surface area contributed by atoms with E-state index < -0.39 is 0 Å². The second kappa shape index (κ2) is 7.59. The molecule has 122 valence electrons. The summed E-state index contributed by atoms with van der Waals surface area (Å²) in [4.78, 5) is 0. The van der Waals surface area contributed by atoms with E-state index in [1.807, 2.05) is 0 Å². The fraction of sp³-hybridized carbons (Fsp3) is 0.368. The molecular formula is C19H23NO3. The smallest absolute Gasteiger partial charge is 0.123 e. The first kappa shape index (κ1) is 16.0. The molecule has 0 radical (unpaired) electrons. The number of hydrogen-bond donors (Lipinski definition) is 0. The molecule has 0 fully saturated rings. The Kier molecular flexibility index (Phi) is 5.28. The van der Waals surface area contributed by atoms with Gasteiger partial charge in [-0.2, -0.15) is 0 Å². The lowest BCUT2D eigenvalue weighted by atomic mass is 10.1. The van der Waals surface area contributed by atoms with Crippen LogP contribution in [0.15, 0.2) is 42.5 Å². The molecule has 0 bridgehead atoms. The van der Waals surface area contributed by atoms with Crippen LogP contribution in [-0.4, -0.2) is 38.1 Å². The van der Waals surface area contributed by atoms with Crippen LogP contribution in [0.2, 0.25) is 0 Å². The van der Waals surface area contributed by atoms with Crippen molar-refractivity contribution < 1.29 is 14.2 Å². The minimum atomic E-state index is 0.528. The third-order valence-corrected chi connectivity index (χ3v) is 3.95. The molecule has 2 aromatic carbocycles. The topological polar surface area (TPSA) is 32.6 Å². The highest BCUT2D eigenvalue weighted by Gasteiger charge is 2.09. The molecule has 23 heavy (non-hydrogen) atoms. The van der Waals surface area contributed by atoms with Crippen molar-refractivity contribution in [2.24, 2.45) is 0 Å². The number of para-hydroxylation sites is 1. The molecule has 0 atom stereocenters. The van der Waals surface area contributed by atoms with Crippen LogP contribution in [0.4, 0.5) is 0 Å². The molecule has 0 aliphatic rings. The van der Waals surface area contributed by atoms with Crippen LogP contribution in [-0.2, 0) is 20.9 Å². The van der Waals surface area contributed by atoms with Crippen molar-refractivity contribution in [3.63, 3.8) is 0 Å². The van der Waals surface area contributed by atoms with Crippen LogP contribution in [0.5, 0.6) is 0 Å². The van der Waals surface area contributed by atoms with Crippen molar-refractivity contribution in [2.45, 2.75) is 13.7 Å². The van der Waals surface area contributed by atoms with Crippen molar-refractivity contribution in [1.82, 2.24) is 4.57 Å². The molecule has 0 amide bonds. The van der Waals surface area contributed by atoms with E-state index in [9.17, 15) is 0 Å². The Morgan fingerprint density at radius 1 is 0.826 bits per heavy atom. The number of hydrogen-bond acceptors (Lipinski definition) is 3. The Morgan fingerprint density at radius 3 is 2.43 bits per heavy atom. The SMILES string of the molecule is COCCOCCOCn1c2ccccc2c2cc(C)ccc21. The lowest BCUT2D eigenvalue weighted by Crippen LogP contribution is -2.10. The number of nitrogens with zero attached hydrogens (tertiary/aromatic N) is 1. The normalized spacial score (nSPS) is 11.6. The predicted octanol–water partition coefficient (Wildman–Crippen LogP) is 3.74. The molecule has 4 nitrogen and oxygen atoms in total. The third-order valence-electron chi connectivity index (χ3n) is 3.95. The molecule has 0 saturated heterocycles. The highest BCUT2D eigenvalue weighted by molar-refractivity contribution is 6.08. The molecular weight excluding hydrogens is 290 g/mol. The molecule has 0 N–H and O–H groups in total. The first-order valence-electron chi connectivity index (χ1n) is 7.93. The third kappa shape index (κ3) is 3.55. The van der Waals surface area contributed by atoms with Crippen LogP contribution in [0.25, 0.3) is 21.8 Å². The van der Waals surface area contributed by atoms with Crippen molar-refractivity contribution in [3.05, 3.63) is 48.0 Å². The van der Waals surface area contributed by atoms with Gasteiger partial charge in [0.1, 0.15) is 6.73 Å². The summed E-state index contributed by atoms with van der Waals surface area (Å²) in [6.07, 6.45) is 0. The molecule has 1 heterocycles. The van der Waals surface area contributed by atoms with Gasteiger partial charge in [0.15, 0.2) is 0 Å². The van der Waals surface area contributed by atoms with Crippen molar-refractivity contribution in [3.8, 4) is 0 Å². The monoisotopic (exact) mass is 313 g/mol. The highest BCUT2D eigenvalue weighted by Crippen LogP contribution is 2.29. The number of methoxy groups -OCH3 is 1. The summed E-state index contributed by atoms with van der Waals surface area (Å²) in [5.74, 6) is 0. The minimum Gasteiger partial charge on any atom is -0.382 e. The van der Waals surface area contributed by atoms with Crippen LogP contribution in [0.3, 0.4) is 0 Å². The van der Waals surface area contributed by atoms with Crippen molar-refractivity contribution in [2.75, 3.05) is 33.5 Å². The summed E-state index contributed by atoms with van der Waals surface area (Å²) in [7, 11) is 1.67. The lowest BCUT2D eigenvalue weighted by Gasteiger charge is -2.09. The first-order chi connectivity index (χ1) is 11.3. The minimum absolute atomic E-state index is 0.528. The van der Waals surface area contributed by atoms with Gasteiger partial charge in [0.05, 0.1) is 37.5 Å². The quantitative estimate of drug-likeness (QED) is 0.594. The lowest BCUT2D eigenvalue weighted by molar-refractivity contribution is 0.00669. The molecule has 3 rings (SSSR count). The standard InChI is InChI=1S/C19H23NO3/c1-15-7-8-19-17(13-15)16-5-3-4-6-18(16)20(19)14-23-12-11-22-10-9-21-2/h3-8,13H,9-12,14H2,1-2H3. The van der Waals surface area contributed by atoms with Gasteiger partial charge in [-0.3, -0.25) is 0 Å². The molecule has 0 spiro atoms. The number of aryl methyl sites for hydroxylation is 1. The molecule has 3 aromatic rings. The summed E-state index contributed by atoms with van der Waals surface area (Å²) in [6, 6.07) is 15.0. The van der Waals surface area contributed by atoms with Gasteiger partial charge in [-0.15, -0.1) is 0 Å². The van der Waals surface area contributed by atoms with E-state index in [2.05, 4.69) is 54.0 Å². The Labute approximate surface area is 136 Å². The molecule has 0 aliphatic carbocycles. The zero-order chi connectivity index (χ0) is 16.1. The predicted molar refractivity (Wildman–Crippen MR) is 92.8 cm³/mol. The Bertz CT molecular complexity index is 779. The van der Waals surface area contributed by atoms with Gasteiger partial charge in [-0.1, -0.05) is 29.8 Å². The van der Waals surface area contributed by atoms with Crippen LogP contribution in [0.1, 0.15) is 5.56 Å². The Balaban J connectivity index is 1.74. The second-order valence-corrected chi connectivity index (χ2v) is 5.61. The maximum absolute atomic E-state index is 5.80. The van der Waals surface area contributed by atoms with E-state index in [-0.39, 0.29) is 0 Å². The zero-order valence-electron chi connectivity index (χ0n) is 13.7. The van der Waals surface area contributed by atoms with Crippen molar-refractivity contribution >= 4 is 21.8 Å². The summed E-state index contributed by atoms with van der Waals surface area (Å²) >= 11 is 0. The van der Waals surface area contributed by atoms with Crippen LogP contribution in [0, 0.1) is 6.92 Å². The molecule has 0 aliphatic heterocycles. The van der Waals surface area contributed by atoms with E-state index in [0.717, 1.165) is 0 Å². The van der Waals surface area contributed by atoms with Crippen LogP contribution >= 0.6 is 0 Å². The number of rotatable bonds is 8. The average molecular weight is 313 g/mol. The first-order valence-corrected chi connectivity index (χ1v) is 7.93. The second-order valence-electron chi connectivity index (χ2n) is 5.61. The van der Waals surface area contributed by atoms with Gasteiger partial charge in [0, 0.05) is 17.9 Å². The highest BCUT2D eigenvalue weighted by atomic mass is 16.5. The van der Waals surface area contributed by atoms with E-state index in [1.165, 1.54) is 27.4 Å².